The summed E-state index contributed by atoms with van der Waals surface area (Å²) in [6.07, 6.45) is 3.64. The lowest BCUT2D eigenvalue weighted by molar-refractivity contribution is 0.301. The van der Waals surface area contributed by atoms with E-state index in [1.54, 1.807) is 0 Å². The highest BCUT2D eigenvalue weighted by molar-refractivity contribution is 5.41. The van der Waals surface area contributed by atoms with Gasteiger partial charge in [0.15, 0.2) is 0 Å². The quantitative estimate of drug-likeness (QED) is 0.764. The second-order valence-electron chi connectivity index (χ2n) is 6.74. The molecule has 2 heteroatoms. The fraction of sp³-hybridized carbons (Fsp3) is 0.429. The molecule has 2 aromatic rings. The van der Waals surface area contributed by atoms with Crippen molar-refractivity contribution in [3.63, 3.8) is 0 Å². The molecule has 0 spiro atoms. The van der Waals surface area contributed by atoms with Gasteiger partial charge in [-0.3, -0.25) is 0 Å². The first kappa shape index (κ1) is 16.1. The van der Waals surface area contributed by atoms with Crippen LogP contribution in [0.3, 0.4) is 0 Å². The Morgan fingerprint density at radius 3 is 2.52 bits per heavy atom. The number of benzene rings is 2. The van der Waals surface area contributed by atoms with E-state index in [1.807, 2.05) is 18.2 Å². The molecule has 0 saturated heterocycles. The van der Waals surface area contributed by atoms with Crippen LogP contribution in [-0.2, 0) is 6.61 Å². The van der Waals surface area contributed by atoms with Crippen molar-refractivity contribution in [3.8, 4) is 5.75 Å². The molecular weight excluding hydrogens is 282 g/mol. The van der Waals surface area contributed by atoms with Crippen molar-refractivity contribution >= 4 is 0 Å². The third-order valence-corrected chi connectivity index (χ3v) is 4.93. The summed E-state index contributed by atoms with van der Waals surface area (Å²) < 4.78 is 6.12. The summed E-state index contributed by atoms with van der Waals surface area (Å²) in [5, 5.41) is 0. The van der Waals surface area contributed by atoms with Crippen molar-refractivity contribution in [2.75, 3.05) is 0 Å². The summed E-state index contributed by atoms with van der Waals surface area (Å²) in [5.41, 5.74) is 10.1. The molecule has 1 saturated carbocycles. The van der Waals surface area contributed by atoms with E-state index in [-0.39, 0.29) is 6.04 Å². The van der Waals surface area contributed by atoms with Crippen LogP contribution in [0.4, 0.5) is 0 Å². The van der Waals surface area contributed by atoms with Crippen LogP contribution in [0, 0.1) is 5.92 Å². The maximum atomic E-state index is 6.39. The molecule has 1 aliphatic carbocycles. The van der Waals surface area contributed by atoms with Gasteiger partial charge in [-0.2, -0.15) is 0 Å². The SMILES string of the molecule is CCC(C)c1cc(C(N)C2CC2)ccc1OCc1ccccc1. The first-order chi connectivity index (χ1) is 11.2. The molecule has 3 rings (SSSR count). The Kier molecular flexibility index (Phi) is 5.02. The number of hydrogen-bond donors (Lipinski definition) is 1. The van der Waals surface area contributed by atoms with Crippen molar-refractivity contribution < 1.29 is 4.74 Å². The third-order valence-electron chi connectivity index (χ3n) is 4.93. The summed E-state index contributed by atoms with van der Waals surface area (Å²) in [5.74, 6) is 2.15. The van der Waals surface area contributed by atoms with Crippen molar-refractivity contribution in [1.29, 1.82) is 0 Å². The molecule has 0 bridgehead atoms. The van der Waals surface area contributed by atoms with Crippen LogP contribution in [0.5, 0.6) is 5.75 Å². The molecular formula is C21H27NO. The van der Waals surface area contributed by atoms with E-state index in [9.17, 15) is 0 Å². The van der Waals surface area contributed by atoms with Crippen molar-refractivity contribution in [2.24, 2.45) is 11.7 Å². The molecule has 2 atom stereocenters. The topological polar surface area (TPSA) is 35.2 Å². The van der Waals surface area contributed by atoms with Gasteiger partial charge >= 0.3 is 0 Å². The zero-order valence-corrected chi connectivity index (χ0v) is 14.2. The van der Waals surface area contributed by atoms with Crippen LogP contribution >= 0.6 is 0 Å². The Balaban J connectivity index is 1.80. The van der Waals surface area contributed by atoms with E-state index in [0.717, 1.165) is 12.2 Å². The van der Waals surface area contributed by atoms with Gasteiger partial charge in [0, 0.05) is 6.04 Å². The highest BCUT2D eigenvalue weighted by Crippen LogP contribution is 2.41. The molecule has 122 valence electrons. The second-order valence-corrected chi connectivity index (χ2v) is 6.74. The maximum absolute atomic E-state index is 6.39. The molecule has 1 aliphatic rings. The van der Waals surface area contributed by atoms with Gasteiger partial charge in [0.05, 0.1) is 0 Å². The number of ether oxygens (including phenoxy) is 1. The first-order valence-electron chi connectivity index (χ1n) is 8.75. The van der Waals surface area contributed by atoms with Crippen molar-refractivity contribution in [2.45, 2.75) is 51.7 Å². The maximum Gasteiger partial charge on any atom is 0.123 e. The van der Waals surface area contributed by atoms with Crippen LogP contribution in [0.1, 0.15) is 61.8 Å². The van der Waals surface area contributed by atoms with Gasteiger partial charge in [-0.05, 0) is 53.9 Å². The standard InChI is InChI=1S/C21H27NO/c1-3-15(2)19-13-18(21(22)17-9-10-17)11-12-20(19)23-14-16-7-5-4-6-8-16/h4-8,11-13,15,17,21H,3,9-10,14,22H2,1-2H3. The summed E-state index contributed by atoms with van der Waals surface area (Å²) in [6.45, 7) is 5.09. The molecule has 2 N–H and O–H groups in total. The van der Waals surface area contributed by atoms with E-state index in [4.69, 9.17) is 10.5 Å². The molecule has 0 aliphatic heterocycles. The third kappa shape index (κ3) is 3.94. The number of nitrogens with two attached hydrogens (primary N) is 1. The molecule has 2 nitrogen and oxygen atoms in total. The molecule has 0 aromatic heterocycles. The highest BCUT2D eigenvalue weighted by atomic mass is 16.5. The molecule has 1 fully saturated rings. The molecule has 23 heavy (non-hydrogen) atoms. The fourth-order valence-corrected chi connectivity index (χ4v) is 2.97. The predicted molar refractivity (Wildman–Crippen MR) is 95.6 cm³/mol. The normalized spacial score (nSPS) is 16.8. The largest absolute Gasteiger partial charge is 0.489 e. The zero-order valence-electron chi connectivity index (χ0n) is 14.2. The summed E-state index contributed by atoms with van der Waals surface area (Å²) in [7, 11) is 0. The van der Waals surface area contributed by atoms with Gasteiger partial charge in [0.25, 0.3) is 0 Å². The Bertz CT molecular complexity index is 634. The van der Waals surface area contributed by atoms with Crippen molar-refractivity contribution in [1.82, 2.24) is 0 Å². The van der Waals surface area contributed by atoms with Crippen LogP contribution < -0.4 is 10.5 Å². The monoisotopic (exact) mass is 309 g/mol. The van der Waals surface area contributed by atoms with Gasteiger partial charge in [0.2, 0.25) is 0 Å². The Morgan fingerprint density at radius 1 is 1.13 bits per heavy atom. The lowest BCUT2D eigenvalue weighted by atomic mass is 9.93. The minimum Gasteiger partial charge on any atom is -0.489 e. The van der Waals surface area contributed by atoms with Gasteiger partial charge < -0.3 is 10.5 Å². The second kappa shape index (κ2) is 7.18. The Hall–Kier alpha value is -1.80. The van der Waals surface area contributed by atoms with E-state index in [2.05, 4.69) is 44.2 Å². The van der Waals surface area contributed by atoms with Gasteiger partial charge in [-0.15, -0.1) is 0 Å². The molecule has 0 amide bonds. The first-order valence-corrected chi connectivity index (χ1v) is 8.75. The fourth-order valence-electron chi connectivity index (χ4n) is 2.97. The van der Waals surface area contributed by atoms with E-state index in [1.165, 1.54) is 29.5 Å². The summed E-state index contributed by atoms with van der Waals surface area (Å²) in [4.78, 5) is 0. The van der Waals surface area contributed by atoms with Crippen LogP contribution in [0.25, 0.3) is 0 Å². The van der Waals surface area contributed by atoms with Gasteiger partial charge in [0.1, 0.15) is 12.4 Å². The van der Waals surface area contributed by atoms with Crippen LogP contribution in [-0.4, -0.2) is 0 Å². The van der Waals surface area contributed by atoms with Gasteiger partial charge in [-0.25, -0.2) is 0 Å². The lowest BCUT2D eigenvalue weighted by Gasteiger charge is -2.19. The Morgan fingerprint density at radius 2 is 1.87 bits per heavy atom. The Labute approximate surface area is 139 Å². The average molecular weight is 309 g/mol. The van der Waals surface area contributed by atoms with Gasteiger partial charge in [-0.1, -0.05) is 56.3 Å². The minimum absolute atomic E-state index is 0.181. The molecule has 0 heterocycles. The highest BCUT2D eigenvalue weighted by Gasteiger charge is 2.30. The van der Waals surface area contributed by atoms with E-state index >= 15 is 0 Å². The van der Waals surface area contributed by atoms with E-state index in [0.29, 0.717) is 18.4 Å². The zero-order chi connectivity index (χ0) is 16.2. The molecule has 0 radical (unpaired) electrons. The number of hydrogen-bond acceptors (Lipinski definition) is 2. The minimum atomic E-state index is 0.181. The number of rotatable bonds is 7. The van der Waals surface area contributed by atoms with Crippen molar-refractivity contribution in [3.05, 3.63) is 65.2 Å². The van der Waals surface area contributed by atoms with Crippen LogP contribution in [0.2, 0.25) is 0 Å². The summed E-state index contributed by atoms with van der Waals surface area (Å²) in [6, 6.07) is 17.0. The molecule has 2 aromatic carbocycles. The smallest absolute Gasteiger partial charge is 0.123 e. The average Bonchev–Trinajstić information content (AvgIpc) is 3.44. The predicted octanol–water partition coefficient (Wildman–Crippen LogP) is 5.19. The van der Waals surface area contributed by atoms with E-state index < -0.39 is 0 Å². The molecule has 2 unspecified atom stereocenters. The van der Waals surface area contributed by atoms with Crippen LogP contribution in [0.15, 0.2) is 48.5 Å². The summed E-state index contributed by atoms with van der Waals surface area (Å²) >= 11 is 0. The lowest BCUT2D eigenvalue weighted by Crippen LogP contribution is -2.13.